The number of hydrogen-bond acceptors (Lipinski definition) is 8. The molecule has 0 spiro atoms. The Balaban J connectivity index is 2.08. The molecule has 0 aliphatic heterocycles. The number of esters is 2. The van der Waals surface area contributed by atoms with Gasteiger partial charge in [-0.25, -0.2) is 7.94 Å². The number of rotatable bonds is 6. The predicted octanol–water partition coefficient (Wildman–Crippen LogP) is 4.99. The van der Waals surface area contributed by atoms with Crippen molar-refractivity contribution in [2.24, 2.45) is 0 Å². The van der Waals surface area contributed by atoms with E-state index in [0.29, 0.717) is 12.4 Å². The Morgan fingerprint density at radius 1 is 0.667 bits per heavy atom. The van der Waals surface area contributed by atoms with E-state index in [9.17, 15) is 52.8 Å². The van der Waals surface area contributed by atoms with Gasteiger partial charge in [0.05, 0.1) is 0 Å². The monoisotopic (exact) mass is 640 g/mol. The van der Waals surface area contributed by atoms with Gasteiger partial charge in [0.25, 0.3) is 0 Å². The maximum absolute atomic E-state index is 13.5. The highest BCUT2D eigenvalue weighted by molar-refractivity contribution is 7.91. The van der Waals surface area contributed by atoms with Crippen molar-refractivity contribution in [1.29, 1.82) is 0 Å². The van der Waals surface area contributed by atoms with E-state index in [1.165, 1.54) is 31.2 Å². The highest BCUT2D eigenvalue weighted by atomic mass is 32.2. The zero-order valence-electron chi connectivity index (χ0n) is 21.4. The molecule has 0 amide bonds. The molecule has 4 rings (SSSR count). The number of halogens is 6. The van der Waals surface area contributed by atoms with Gasteiger partial charge in [-0.2, -0.15) is 43.2 Å². The van der Waals surface area contributed by atoms with Crippen LogP contribution in [0.1, 0.15) is 37.8 Å². The number of benzene rings is 2. The number of carbonyl (C=O) groups is 2. The van der Waals surface area contributed by atoms with Crippen molar-refractivity contribution in [2.75, 3.05) is 0 Å². The third kappa shape index (κ3) is 4.97. The molecular weight excluding hydrogens is 622 g/mol. The second-order valence-electron chi connectivity index (χ2n) is 8.88. The summed E-state index contributed by atoms with van der Waals surface area (Å²) in [5.41, 5.74) is -13.2. The highest BCUT2D eigenvalue weighted by Crippen LogP contribution is 2.45. The van der Waals surface area contributed by atoms with Gasteiger partial charge < -0.3 is 9.47 Å². The third-order valence-electron chi connectivity index (χ3n) is 6.13. The van der Waals surface area contributed by atoms with Gasteiger partial charge in [0, 0.05) is 54.1 Å². The summed E-state index contributed by atoms with van der Waals surface area (Å²) in [5, 5.41) is -0.174. The molecule has 0 N–H and O–H groups in total. The fourth-order valence-electron chi connectivity index (χ4n) is 4.35. The summed E-state index contributed by atoms with van der Waals surface area (Å²) in [5.74, 6) is -4.62. The van der Waals surface area contributed by atoms with Crippen LogP contribution in [0.3, 0.4) is 0 Å². The highest BCUT2D eigenvalue weighted by Gasteiger charge is 2.49. The number of hydrogen-bond donors (Lipinski definition) is 0. The molecule has 0 aliphatic carbocycles. The van der Waals surface area contributed by atoms with Crippen LogP contribution in [0.4, 0.5) is 26.3 Å². The largest absolute Gasteiger partial charge is 0.517 e. The number of carbonyl (C=O) groups excluding carboxylic acids is 2. The average molecular weight is 641 g/mol. The van der Waals surface area contributed by atoms with Crippen molar-refractivity contribution in [3.05, 3.63) is 59.9 Å². The molecule has 4 aromatic rings. The summed E-state index contributed by atoms with van der Waals surface area (Å²) in [7, 11) is -12.1. The third-order valence-corrected chi connectivity index (χ3v) is 8.95. The van der Waals surface area contributed by atoms with E-state index in [-0.39, 0.29) is 29.8 Å². The molecule has 0 fully saturated rings. The van der Waals surface area contributed by atoms with Crippen LogP contribution in [0.2, 0.25) is 0 Å². The van der Waals surface area contributed by atoms with Crippen molar-refractivity contribution in [1.82, 2.24) is 7.94 Å². The molecule has 2 aromatic carbocycles. The van der Waals surface area contributed by atoms with E-state index >= 15 is 0 Å². The molecule has 18 heteroatoms. The second-order valence-corrected chi connectivity index (χ2v) is 12.5. The number of nitrogens with zero attached hydrogens (tertiary/aromatic N) is 2. The van der Waals surface area contributed by atoms with E-state index in [1.54, 1.807) is 0 Å². The summed E-state index contributed by atoms with van der Waals surface area (Å²) >= 11 is 0. The lowest BCUT2D eigenvalue weighted by atomic mass is 9.90. The molecule has 0 radical (unpaired) electrons. The van der Waals surface area contributed by atoms with Crippen LogP contribution >= 0.6 is 0 Å². The lowest BCUT2D eigenvalue weighted by Crippen LogP contribution is -2.29. The quantitative estimate of drug-likeness (QED) is 0.164. The molecule has 42 heavy (non-hydrogen) atoms. The Labute approximate surface area is 233 Å². The van der Waals surface area contributed by atoms with Crippen molar-refractivity contribution in [2.45, 2.75) is 37.7 Å². The first kappa shape index (κ1) is 30.9. The van der Waals surface area contributed by atoms with Gasteiger partial charge in [-0.15, -0.1) is 0 Å². The standard InChI is InChI=1S/C24H18F6N2O8S2/c1-12(17-6-4-15-8-10-31(41(35,36)23(25,26)27)19(15)21(17)39-13(2)33)18-7-5-16-9-11-32(42(37,38)24(28,29)30)20(16)22(18)40-14(3)34/h4-12H,1-3H3. The number of ether oxygens (including phenoxy) is 2. The van der Waals surface area contributed by atoms with Crippen molar-refractivity contribution >= 4 is 53.8 Å². The van der Waals surface area contributed by atoms with Crippen molar-refractivity contribution < 1.29 is 62.2 Å². The lowest BCUT2D eigenvalue weighted by molar-refractivity contribution is -0.132. The van der Waals surface area contributed by atoms with Gasteiger partial charge >= 0.3 is 43.0 Å². The average Bonchev–Trinajstić information content (AvgIpc) is 3.47. The smallest absolute Gasteiger partial charge is 0.424 e. The molecule has 2 heterocycles. The molecule has 10 nitrogen and oxygen atoms in total. The van der Waals surface area contributed by atoms with Crippen LogP contribution in [0.25, 0.3) is 21.8 Å². The van der Waals surface area contributed by atoms with E-state index in [0.717, 1.165) is 26.0 Å². The summed E-state index contributed by atoms with van der Waals surface area (Å²) in [6.07, 6.45) is 1.19. The summed E-state index contributed by atoms with van der Waals surface area (Å²) < 4.78 is 140. The predicted molar refractivity (Wildman–Crippen MR) is 135 cm³/mol. The Bertz CT molecular complexity index is 1830. The van der Waals surface area contributed by atoms with Crippen LogP contribution in [0, 0.1) is 0 Å². The molecule has 226 valence electrons. The molecular formula is C24H18F6N2O8S2. The van der Waals surface area contributed by atoms with E-state index in [4.69, 9.17) is 9.47 Å². The molecule has 0 atom stereocenters. The SMILES string of the molecule is CC(=O)Oc1c(C(C)c2ccc3ccn(S(=O)(=O)C(F)(F)F)c3c2OC(C)=O)ccc2ccn(S(=O)(=O)C(F)(F)F)c12. The summed E-state index contributed by atoms with van der Waals surface area (Å²) in [4.78, 5) is 24.0. The van der Waals surface area contributed by atoms with Gasteiger partial charge in [-0.05, 0) is 12.1 Å². The Morgan fingerprint density at radius 3 is 1.29 bits per heavy atom. The van der Waals surface area contributed by atoms with Gasteiger partial charge in [0.2, 0.25) is 0 Å². The first-order chi connectivity index (χ1) is 19.2. The minimum absolute atomic E-state index is 0.0872. The van der Waals surface area contributed by atoms with E-state index in [2.05, 4.69) is 0 Å². The zero-order valence-corrected chi connectivity index (χ0v) is 23.1. The van der Waals surface area contributed by atoms with Gasteiger partial charge in [-0.3, -0.25) is 9.59 Å². The second kappa shape index (κ2) is 10.0. The molecule has 0 bridgehead atoms. The fourth-order valence-corrected chi connectivity index (χ4v) is 6.09. The van der Waals surface area contributed by atoms with Crippen LogP contribution < -0.4 is 9.47 Å². The fraction of sp³-hybridized carbons (Fsp3) is 0.250. The maximum atomic E-state index is 13.5. The van der Waals surface area contributed by atoms with Crippen LogP contribution in [-0.2, 0) is 29.6 Å². The van der Waals surface area contributed by atoms with Crippen molar-refractivity contribution in [3.8, 4) is 11.5 Å². The van der Waals surface area contributed by atoms with Crippen molar-refractivity contribution in [3.63, 3.8) is 0 Å². The van der Waals surface area contributed by atoms with Crippen LogP contribution in [-0.4, -0.2) is 47.7 Å². The van der Waals surface area contributed by atoms with E-state index < -0.39 is 71.5 Å². The number of alkyl halides is 6. The number of fused-ring (bicyclic) bond motifs is 2. The van der Waals surface area contributed by atoms with Gasteiger partial charge in [-0.1, -0.05) is 31.2 Å². The molecule has 2 aromatic heterocycles. The van der Waals surface area contributed by atoms with E-state index in [1.807, 2.05) is 0 Å². The van der Waals surface area contributed by atoms with Gasteiger partial charge in [0.15, 0.2) is 11.5 Å². The van der Waals surface area contributed by atoms with Crippen LogP contribution in [0.15, 0.2) is 48.8 Å². The molecule has 0 unspecified atom stereocenters. The Kier molecular flexibility index (Phi) is 7.38. The molecule has 0 aliphatic rings. The Hall–Kier alpha value is -4.06. The minimum Gasteiger partial charge on any atom is -0.424 e. The Morgan fingerprint density at radius 2 is 1.00 bits per heavy atom. The maximum Gasteiger partial charge on any atom is 0.517 e. The topological polar surface area (TPSA) is 131 Å². The van der Waals surface area contributed by atoms with Gasteiger partial charge in [0.1, 0.15) is 11.0 Å². The lowest BCUT2D eigenvalue weighted by Gasteiger charge is -2.22. The molecule has 0 saturated carbocycles. The van der Waals surface area contributed by atoms with Crippen LogP contribution in [0.5, 0.6) is 11.5 Å². The molecule has 0 saturated heterocycles. The normalized spacial score (nSPS) is 13.2. The zero-order chi connectivity index (χ0) is 31.6. The summed E-state index contributed by atoms with van der Waals surface area (Å²) in [6.45, 7) is 3.12. The first-order valence-corrected chi connectivity index (χ1v) is 14.4. The summed E-state index contributed by atoms with van der Waals surface area (Å²) in [6, 6.07) is 6.96. The first-order valence-electron chi connectivity index (χ1n) is 11.5. The minimum atomic E-state index is -6.03. The number of aromatic nitrogens is 2.